The van der Waals surface area contributed by atoms with Gasteiger partial charge < -0.3 is 5.11 Å². The van der Waals surface area contributed by atoms with Crippen LogP contribution in [0.3, 0.4) is 0 Å². The summed E-state index contributed by atoms with van der Waals surface area (Å²) < 4.78 is 3.94. The fourth-order valence-corrected chi connectivity index (χ4v) is 6.30. The summed E-state index contributed by atoms with van der Waals surface area (Å²) in [4.78, 5) is 63.1. The van der Waals surface area contributed by atoms with E-state index in [-0.39, 0.29) is 41.6 Å². The molecular formula is C21H21N5O6S2. The molecule has 0 aromatic carbocycles. The third-order valence-corrected chi connectivity index (χ3v) is 7.77. The Hall–Kier alpha value is -3.13. The molecule has 178 valence electrons. The zero-order chi connectivity index (χ0) is 24.3. The predicted molar refractivity (Wildman–Crippen MR) is 128 cm³/mol. The Balaban J connectivity index is 1.81. The third kappa shape index (κ3) is 3.43. The largest absolute Gasteiger partial charge is 0.389 e. The first-order chi connectivity index (χ1) is 16.2. The molecule has 11 nitrogen and oxygen atoms in total. The van der Waals surface area contributed by atoms with E-state index in [0.29, 0.717) is 20.1 Å². The summed E-state index contributed by atoms with van der Waals surface area (Å²) in [5.41, 5.74) is -0.421. The minimum atomic E-state index is -0.844. The maximum absolute atomic E-state index is 13.6. The number of hydrogen-bond donors (Lipinski definition) is 1. The van der Waals surface area contributed by atoms with E-state index in [9.17, 15) is 24.3 Å². The molecule has 4 aromatic heterocycles. The molecule has 0 aliphatic carbocycles. The Kier molecular flexibility index (Phi) is 5.51. The average Bonchev–Trinajstić information content (AvgIpc) is 3.47. The van der Waals surface area contributed by atoms with Crippen LogP contribution in [0.5, 0.6) is 0 Å². The minimum Gasteiger partial charge on any atom is -0.389 e. The van der Waals surface area contributed by atoms with Gasteiger partial charge in [-0.15, -0.1) is 11.3 Å². The number of amides is 1. The van der Waals surface area contributed by atoms with E-state index in [2.05, 4.69) is 4.98 Å². The standard InChI is InChI=1S/C21H21N5O6S2/c1-10(2)26-19-15(17(28)23(3)20(26)30)14(18(29)25-7-11(27)9-32-25)13(33-19)8-24-12-5-4-6-22-16(12)34-21(24)31/h4-6,10-11,27H,7-9H2,1-3H3/t11-/m0/s1. The van der Waals surface area contributed by atoms with Gasteiger partial charge in [0.1, 0.15) is 22.4 Å². The van der Waals surface area contributed by atoms with Crippen molar-refractivity contribution >= 4 is 49.1 Å². The van der Waals surface area contributed by atoms with Gasteiger partial charge in [0.15, 0.2) is 0 Å². The zero-order valence-electron chi connectivity index (χ0n) is 18.5. The monoisotopic (exact) mass is 503 g/mol. The van der Waals surface area contributed by atoms with Gasteiger partial charge in [0.05, 0.1) is 29.6 Å². The molecule has 1 fully saturated rings. The molecule has 4 aromatic rings. The Morgan fingerprint density at radius 3 is 2.74 bits per heavy atom. The normalized spacial score (nSPS) is 16.4. The molecule has 1 atom stereocenters. The van der Waals surface area contributed by atoms with Crippen molar-refractivity contribution < 1.29 is 14.7 Å². The highest BCUT2D eigenvalue weighted by Crippen LogP contribution is 2.33. The van der Waals surface area contributed by atoms with Crippen LogP contribution in [0.15, 0.2) is 32.7 Å². The van der Waals surface area contributed by atoms with Crippen molar-refractivity contribution in [1.29, 1.82) is 0 Å². The molecule has 0 spiro atoms. The fourth-order valence-electron chi connectivity index (χ4n) is 4.06. The maximum Gasteiger partial charge on any atom is 0.332 e. The van der Waals surface area contributed by atoms with Crippen LogP contribution in [0.2, 0.25) is 0 Å². The molecule has 1 aliphatic heterocycles. The van der Waals surface area contributed by atoms with Gasteiger partial charge in [-0.2, -0.15) is 0 Å². The molecule has 0 bridgehead atoms. The van der Waals surface area contributed by atoms with Crippen molar-refractivity contribution in [2.24, 2.45) is 7.05 Å². The van der Waals surface area contributed by atoms with Gasteiger partial charge in [0.2, 0.25) is 0 Å². The van der Waals surface area contributed by atoms with Crippen molar-refractivity contribution in [3.63, 3.8) is 0 Å². The molecule has 0 radical (unpaired) electrons. The molecule has 1 saturated heterocycles. The van der Waals surface area contributed by atoms with Crippen molar-refractivity contribution in [1.82, 2.24) is 23.7 Å². The Labute approximate surface area is 199 Å². The Bertz CT molecular complexity index is 1620. The van der Waals surface area contributed by atoms with Gasteiger partial charge >= 0.3 is 10.6 Å². The van der Waals surface area contributed by atoms with Gasteiger partial charge in [-0.1, -0.05) is 11.3 Å². The van der Waals surface area contributed by atoms with Crippen molar-refractivity contribution in [2.45, 2.75) is 32.5 Å². The highest BCUT2D eigenvalue weighted by atomic mass is 32.1. The van der Waals surface area contributed by atoms with Gasteiger partial charge in [0.25, 0.3) is 11.5 Å². The first kappa shape index (κ1) is 22.7. The lowest BCUT2D eigenvalue weighted by Gasteiger charge is -2.15. The molecule has 5 heterocycles. The molecule has 1 N–H and O–H groups in total. The van der Waals surface area contributed by atoms with Gasteiger partial charge in [0, 0.05) is 24.2 Å². The van der Waals surface area contributed by atoms with Crippen LogP contribution in [0.4, 0.5) is 0 Å². The number of fused-ring (bicyclic) bond motifs is 2. The first-order valence-corrected chi connectivity index (χ1v) is 12.2. The molecule has 13 heteroatoms. The number of aliphatic hydroxyl groups is 1. The lowest BCUT2D eigenvalue weighted by atomic mass is 10.1. The lowest BCUT2D eigenvalue weighted by molar-refractivity contribution is -0.0778. The van der Waals surface area contributed by atoms with Crippen molar-refractivity contribution in [2.75, 3.05) is 13.2 Å². The number of β-amino-alcohol motifs (C(OH)–C–C–N with tert-alkyl or cyclic N) is 1. The summed E-state index contributed by atoms with van der Waals surface area (Å²) in [7, 11) is 1.37. The third-order valence-electron chi connectivity index (χ3n) is 5.70. The zero-order valence-corrected chi connectivity index (χ0v) is 20.2. The first-order valence-electron chi connectivity index (χ1n) is 10.5. The van der Waals surface area contributed by atoms with Crippen LogP contribution in [0.25, 0.3) is 20.6 Å². The lowest BCUT2D eigenvalue weighted by Crippen LogP contribution is -2.39. The van der Waals surface area contributed by atoms with E-state index in [1.54, 1.807) is 18.3 Å². The number of aliphatic hydroxyl groups excluding tert-OH is 1. The molecule has 0 unspecified atom stereocenters. The fraction of sp³-hybridized carbons (Fsp3) is 0.381. The van der Waals surface area contributed by atoms with E-state index >= 15 is 0 Å². The van der Waals surface area contributed by atoms with Crippen LogP contribution >= 0.6 is 22.7 Å². The van der Waals surface area contributed by atoms with Crippen LogP contribution in [0.1, 0.15) is 35.1 Å². The van der Waals surface area contributed by atoms with Crippen molar-refractivity contribution in [3.8, 4) is 0 Å². The predicted octanol–water partition coefficient (Wildman–Crippen LogP) is 0.911. The number of carbonyl (C=O) groups excluding carboxylic acids is 1. The number of hydrogen-bond acceptors (Lipinski definition) is 9. The van der Waals surface area contributed by atoms with Crippen LogP contribution in [-0.2, 0) is 18.4 Å². The molecule has 1 aliphatic rings. The number of aromatic nitrogens is 4. The summed E-state index contributed by atoms with van der Waals surface area (Å²) in [6, 6.07) is 3.20. The highest BCUT2D eigenvalue weighted by molar-refractivity contribution is 7.19. The van der Waals surface area contributed by atoms with E-state index in [4.69, 9.17) is 4.84 Å². The number of rotatable bonds is 4. The summed E-state index contributed by atoms with van der Waals surface area (Å²) in [6.45, 7) is 3.54. The second-order valence-corrected chi connectivity index (χ2v) is 10.3. The topological polar surface area (TPSA) is 129 Å². The number of carbonyl (C=O) groups is 1. The average molecular weight is 504 g/mol. The number of thiazole rings is 1. The van der Waals surface area contributed by atoms with E-state index in [1.807, 2.05) is 13.8 Å². The van der Waals surface area contributed by atoms with Gasteiger partial charge in [-0.3, -0.25) is 32.9 Å². The van der Waals surface area contributed by atoms with Crippen molar-refractivity contribution in [3.05, 3.63) is 59.3 Å². The summed E-state index contributed by atoms with van der Waals surface area (Å²) in [5, 5.41) is 11.0. The molecule has 1 amide bonds. The number of thiophene rings is 1. The van der Waals surface area contributed by atoms with Crippen LogP contribution < -0.4 is 16.1 Å². The molecule has 5 rings (SSSR count). The quantitative estimate of drug-likeness (QED) is 0.438. The highest BCUT2D eigenvalue weighted by Gasteiger charge is 2.33. The SMILES string of the molecule is CC(C)n1c(=O)n(C)c(=O)c2c(C(=O)N3C[C@H](O)CO3)c(Cn3c(=O)sc4ncccc43)sc21. The smallest absolute Gasteiger partial charge is 0.332 e. The van der Waals surface area contributed by atoms with Crippen LogP contribution in [0, 0.1) is 0 Å². The molecular weight excluding hydrogens is 482 g/mol. The second kappa shape index (κ2) is 8.27. The Morgan fingerprint density at radius 1 is 1.29 bits per heavy atom. The number of hydroxylamine groups is 2. The minimum absolute atomic E-state index is 0.0107. The van der Waals surface area contributed by atoms with Gasteiger partial charge in [-0.25, -0.2) is 14.8 Å². The summed E-state index contributed by atoms with van der Waals surface area (Å²) >= 11 is 2.12. The van der Waals surface area contributed by atoms with E-state index < -0.39 is 23.3 Å². The van der Waals surface area contributed by atoms with E-state index in [1.165, 1.54) is 16.2 Å². The summed E-state index contributed by atoms with van der Waals surface area (Å²) in [6.07, 6.45) is 0.751. The van der Waals surface area contributed by atoms with E-state index in [0.717, 1.165) is 32.3 Å². The molecule has 34 heavy (non-hydrogen) atoms. The maximum atomic E-state index is 13.6. The summed E-state index contributed by atoms with van der Waals surface area (Å²) in [5.74, 6) is -0.602. The molecule has 0 saturated carbocycles. The van der Waals surface area contributed by atoms with Gasteiger partial charge in [-0.05, 0) is 26.0 Å². The van der Waals surface area contributed by atoms with Crippen LogP contribution in [-0.4, -0.2) is 54.0 Å². The number of pyridine rings is 1. The second-order valence-electron chi connectivity index (χ2n) is 8.29. The Morgan fingerprint density at radius 2 is 2.06 bits per heavy atom. The number of nitrogens with zero attached hydrogens (tertiary/aromatic N) is 5.